The lowest BCUT2D eigenvalue weighted by Crippen LogP contribution is -2.26. The molecule has 1 aromatic carbocycles. The van der Waals surface area contributed by atoms with Crippen LogP contribution in [-0.4, -0.2) is 13.1 Å². The molecule has 0 aliphatic carbocycles. The molecule has 0 N–H and O–H groups in total. The number of hydrogen-bond acceptors (Lipinski definition) is 1. The molecule has 0 radical (unpaired) electrons. The number of anilines is 1. The van der Waals surface area contributed by atoms with Crippen molar-refractivity contribution in [2.45, 2.75) is 33.1 Å². The lowest BCUT2D eigenvalue weighted by molar-refractivity contribution is 0.575. The van der Waals surface area contributed by atoms with Gasteiger partial charge in [-0.15, -0.1) is 0 Å². The highest BCUT2D eigenvalue weighted by Gasteiger charge is 2.10. The Balaban J connectivity index is 2.82. The molecule has 0 saturated heterocycles. The summed E-state index contributed by atoms with van der Waals surface area (Å²) in [6.07, 6.45) is 3.06. The molecule has 0 fully saturated rings. The van der Waals surface area contributed by atoms with Crippen LogP contribution in [0.25, 0.3) is 0 Å². The number of rotatable bonds is 6. The van der Waals surface area contributed by atoms with Crippen LogP contribution < -0.4 is 4.90 Å². The van der Waals surface area contributed by atoms with Gasteiger partial charge >= 0.3 is 0 Å². The molecular weight excluding hydrogens is 208 g/mol. The molecule has 0 unspecified atom stereocenters. The van der Waals surface area contributed by atoms with Crippen molar-refractivity contribution in [1.29, 1.82) is 0 Å². The van der Waals surface area contributed by atoms with Crippen molar-refractivity contribution >= 4 is 5.69 Å². The van der Waals surface area contributed by atoms with Crippen molar-refractivity contribution < 1.29 is 8.78 Å². The lowest BCUT2D eigenvalue weighted by atomic mass is 10.2. The minimum atomic E-state index is -0.520. The molecule has 0 atom stereocenters. The summed E-state index contributed by atoms with van der Waals surface area (Å²) in [6, 6.07) is 3.78. The van der Waals surface area contributed by atoms with Gasteiger partial charge in [0.1, 0.15) is 11.6 Å². The van der Waals surface area contributed by atoms with Crippen LogP contribution in [-0.2, 0) is 0 Å². The zero-order chi connectivity index (χ0) is 12.0. The normalized spacial score (nSPS) is 10.5. The maximum absolute atomic E-state index is 13.6. The summed E-state index contributed by atoms with van der Waals surface area (Å²) in [5, 5.41) is 0. The van der Waals surface area contributed by atoms with E-state index in [0.29, 0.717) is 5.69 Å². The van der Waals surface area contributed by atoms with Crippen molar-refractivity contribution in [2.75, 3.05) is 18.0 Å². The molecule has 1 aromatic rings. The summed E-state index contributed by atoms with van der Waals surface area (Å²) in [4.78, 5) is 1.98. The second kappa shape index (κ2) is 6.46. The minimum absolute atomic E-state index is 0.468. The van der Waals surface area contributed by atoms with Gasteiger partial charge in [0.15, 0.2) is 0 Å². The van der Waals surface area contributed by atoms with Gasteiger partial charge in [0.2, 0.25) is 0 Å². The Bertz CT molecular complexity index is 326. The molecular formula is C13H19F2N. The molecule has 90 valence electrons. The number of halogens is 2. The Morgan fingerprint density at radius 1 is 1.06 bits per heavy atom. The van der Waals surface area contributed by atoms with Crippen molar-refractivity contribution in [1.82, 2.24) is 0 Å². The largest absolute Gasteiger partial charge is 0.369 e. The van der Waals surface area contributed by atoms with E-state index < -0.39 is 11.6 Å². The van der Waals surface area contributed by atoms with Crippen molar-refractivity contribution in [2.24, 2.45) is 0 Å². The quantitative estimate of drug-likeness (QED) is 0.710. The zero-order valence-electron chi connectivity index (χ0n) is 9.97. The van der Waals surface area contributed by atoms with Gasteiger partial charge in [-0.1, -0.05) is 20.3 Å². The SMILES string of the molecule is CCCCN(CCC)c1ccc(F)cc1F. The third-order valence-corrected chi connectivity index (χ3v) is 2.53. The van der Waals surface area contributed by atoms with Crippen LogP contribution >= 0.6 is 0 Å². The van der Waals surface area contributed by atoms with Crippen LogP contribution in [0.2, 0.25) is 0 Å². The molecule has 3 heteroatoms. The fourth-order valence-corrected chi connectivity index (χ4v) is 1.71. The van der Waals surface area contributed by atoms with E-state index in [1.54, 1.807) is 0 Å². The first-order valence-corrected chi connectivity index (χ1v) is 5.89. The summed E-state index contributed by atoms with van der Waals surface area (Å²) in [5.74, 6) is -0.988. The minimum Gasteiger partial charge on any atom is -0.369 e. The van der Waals surface area contributed by atoms with E-state index in [2.05, 4.69) is 13.8 Å². The van der Waals surface area contributed by atoms with Crippen LogP contribution in [0.15, 0.2) is 18.2 Å². The van der Waals surface area contributed by atoms with Gasteiger partial charge in [0.05, 0.1) is 5.69 Å². The molecule has 0 heterocycles. The smallest absolute Gasteiger partial charge is 0.149 e. The highest BCUT2D eigenvalue weighted by atomic mass is 19.1. The van der Waals surface area contributed by atoms with E-state index in [9.17, 15) is 8.78 Å². The highest BCUT2D eigenvalue weighted by molar-refractivity contribution is 5.47. The van der Waals surface area contributed by atoms with Gasteiger partial charge in [-0.05, 0) is 25.0 Å². The first kappa shape index (κ1) is 12.9. The average Bonchev–Trinajstić information content (AvgIpc) is 2.25. The van der Waals surface area contributed by atoms with E-state index in [4.69, 9.17) is 0 Å². The molecule has 0 bridgehead atoms. The topological polar surface area (TPSA) is 3.24 Å². The first-order valence-electron chi connectivity index (χ1n) is 5.89. The fraction of sp³-hybridized carbons (Fsp3) is 0.538. The summed E-state index contributed by atoms with van der Waals surface area (Å²) in [7, 11) is 0. The van der Waals surface area contributed by atoms with Crippen LogP contribution in [0.1, 0.15) is 33.1 Å². The molecule has 1 nitrogen and oxygen atoms in total. The summed E-state index contributed by atoms with van der Waals surface area (Å²) in [6.45, 7) is 5.79. The van der Waals surface area contributed by atoms with Crippen molar-refractivity contribution in [3.8, 4) is 0 Å². The zero-order valence-corrected chi connectivity index (χ0v) is 9.97. The van der Waals surface area contributed by atoms with E-state index >= 15 is 0 Å². The Kier molecular flexibility index (Phi) is 5.23. The van der Waals surface area contributed by atoms with Gasteiger partial charge in [-0.25, -0.2) is 8.78 Å². The maximum atomic E-state index is 13.6. The number of benzene rings is 1. The van der Waals surface area contributed by atoms with Crippen LogP contribution in [0, 0.1) is 11.6 Å². The molecule has 0 saturated carbocycles. The van der Waals surface area contributed by atoms with Gasteiger partial charge in [0.25, 0.3) is 0 Å². The van der Waals surface area contributed by atoms with Crippen LogP contribution in [0.5, 0.6) is 0 Å². The van der Waals surface area contributed by atoms with Gasteiger partial charge < -0.3 is 4.90 Å². The van der Waals surface area contributed by atoms with E-state index in [1.165, 1.54) is 12.1 Å². The predicted octanol–water partition coefficient (Wildman–Crippen LogP) is 3.98. The van der Waals surface area contributed by atoms with Crippen LogP contribution in [0.4, 0.5) is 14.5 Å². The summed E-state index contributed by atoms with van der Waals surface area (Å²) < 4.78 is 26.4. The number of hydrogen-bond donors (Lipinski definition) is 0. The lowest BCUT2D eigenvalue weighted by Gasteiger charge is -2.24. The molecule has 0 aromatic heterocycles. The Labute approximate surface area is 96.1 Å². The number of unbranched alkanes of at least 4 members (excludes halogenated alkanes) is 1. The van der Waals surface area contributed by atoms with Gasteiger partial charge in [-0.3, -0.25) is 0 Å². The summed E-state index contributed by atoms with van der Waals surface area (Å²) >= 11 is 0. The Morgan fingerprint density at radius 3 is 2.38 bits per heavy atom. The Hall–Kier alpha value is -1.12. The van der Waals surface area contributed by atoms with Gasteiger partial charge in [0, 0.05) is 19.2 Å². The van der Waals surface area contributed by atoms with Gasteiger partial charge in [-0.2, -0.15) is 0 Å². The first-order chi connectivity index (χ1) is 7.69. The molecule has 16 heavy (non-hydrogen) atoms. The third-order valence-electron chi connectivity index (χ3n) is 2.53. The van der Waals surface area contributed by atoms with Crippen molar-refractivity contribution in [3.63, 3.8) is 0 Å². The molecule has 0 spiro atoms. The fourth-order valence-electron chi connectivity index (χ4n) is 1.71. The standard InChI is InChI=1S/C13H19F2N/c1-3-5-9-16(8-4-2)13-7-6-11(14)10-12(13)15/h6-7,10H,3-5,8-9H2,1-2H3. The molecule has 1 rings (SSSR count). The molecule has 0 aliphatic heterocycles. The molecule has 0 amide bonds. The second-order valence-electron chi connectivity index (χ2n) is 3.94. The summed E-state index contributed by atoms with van der Waals surface area (Å²) in [5.41, 5.74) is 0.511. The van der Waals surface area contributed by atoms with Crippen molar-refractivity contribution in [3.05, 3.63) is 29.8 Å². The van der Waals surface area contributed by atoms with E-state index in [0.717, 1.165) is 38.4 Å². The monoisotopic (exact) mass is 227 g/mol. The highest BCUT2D eigenvalue weighted by Crippen LogP contribution is 2.20. The van der Waals surface area contributed by atoms with Crippen LogP contribution in [0.3, 0.4) is 0 Å². The predicted molar refractivity (Wildman–Crippen MR) is 63.8 cm³/mol. The number of nitrogens with zero attached hydrogens (tertiary/aromatic N) is 1. The Morgan fingerprint density at radius 2 is 1.81 bits per heavy atom. The van der Waals surface area contributed by atoms with E-state index in [-0.39, 0.29) is 0 Å². The third kappa shape index (κ3) is 3.47. The van der Waals surface area contributed by atoms with E-state index in [1.807, 2.05) is 4.90 Å². The molecule has 0 aliphatic rings. The average molecular weight is 227 g/mol. The second-order valence-corrected chi connectivity index (χ2v) is 3.94. The maximum Gasteiger partial charge on any atom is 0.149 e.